The van der Waals surface area contributed by atoms with E-state index in [4.69, 9.17) is 5.73 Å². The maximum absolute atomic E-state index is 13.5. The number of rotatable bonds is 14. The van der Waals surface area contributed by atoms with Gasteiger partial charge in [0.1, 0.15) is 17.8 Å². The zero-order valence-corrected chi connectivity index (χ0v) is 22.4. The summed E-state index contributed by atoms with van der Waals surface area (Å²) >= 11 is 0. The van der Waals surface area contributed by atoms with Crippen LogP contribution < -0.4 is 21.7 Å². The monoisotopic (exact) mass is 566 g/mol. The van der Waals surface area contributed by atoms with Gasteiger partial charge in [-0.2, -0.15) is 0 Å². The Bertz CT molecular complexity index is 1300. The number of nitrogens with two attached hydrogens (primary N) is 1. The van der Waals surface area contributed by atoms with Crippen LogP contribution in [-0.4, -0.2) is 79.2 Å². The fourth-order valence-electron chi connectivity index (χ4n) is 4.06. The normalized spacial score (nSPS) is 14.6. The molecule has 0 saturated carbocycles. The Morgan fingerprint density at radius 2 is 1.44 bits per heavy atom. The third-order valence-corrected chi connectivity index (χ3v) is 6.30. The van der Waals surface area contributed by atoms with E-state index in [-0.39, 0.29) is 25.0 Å². The summed E-state index contributed by atoms with van der Waals surface area (Å²) in [6.45, 7) is 1.21. The van der Waals surface area contributed by atoms with Crippen molar-refractivity contribution in [2.45, 2.75) is 56.5 Å². The fourth-order valence-corrected chi connectivity index (χ4v) is 4.06. The molecule has 13 nitrogen and oxygen atoms in total. The summed E-state index contributed by atoms with van der Waals surface area (Å²) in [5.74, 6) is -3.63. The van der Waals surface area contributed by atoms with Crippen molar-refractivity contribution in [1.82, 2.24) is 25.9 Å². The maximum atomic E-state index is 13.5. The Hall–Kier alpha value is -4.75. The highest BCUT2D eigenvalue weighted by Crippen LogP contribution is 2.12. The number of phenols is 1. The average molecular weight is 567 g/mol. The number of carbonyl (C=O) groups excluding carboxylic acids is 3. The molecule has 0 aliphatic heterocycles. The Labute approximate surface area is 236 Å². The van der Waals surface area contributed by atoms with Crippen molar-refractivity contribution in [3.63, 3.8) is 0 Å². The zero-order valence-electron chi connectivity index (χ0n) is 22.4. The molecule has 1 aromatic heterocycles. The molecule has 1 heterocycles. The molecule has 0 radical (unpaired) electrons. The standard InChI is InChI=1S/C28H34N6O7/c1-16(35)24(28(40)41)34-27(39)23(13-19-14-30-15-31-19)33-26(38)22(12-18-7-9-20(36)10-8-18)32-25(37)21(29)11-17-5-3-2-4-6-17/h2-10,14-16,21-24,35-36H,11-13,29H2,1H3,(H,30,31)(H,32,37)(H,33,38)(H,34,39)(H,40,41). The highest BCUT2D eigenvalue weighted by molar-refractivity contribution is 5.94. The number of H-pyrrole nitrogens is 1. The second-order valence-electron chi connectivity index (χ2n) is 9.64. The number of aliphatic hydroxyl groups excluding tert-OH is 1. The van der Waals surface area contributed by atoms with Gasteiger partial charge in [0.2, 0.25) is 17.7 Å². The van der Waals surface area contributed by atoms with Gasteiger partial charge in [-0.3, -0.25) is 14.4 Å². The number of aliphatic carboxylic acids is 1. The predicted octanol–water partition coefficient (Wildman–Crippen LogP) is -0.610. The molecule has 9 N–H and O–H groups in total. The van der Waals surface area contributed by atoms with Crippen molar-refractivity contribution in [2.24, 2.45) is 5.73 Å². The van der Waals surface area contributed by atoms with Gasteiger partial charge in [0.05, 0.1) is 18.5 Å². The number of phenolic OH excluding ortho intramolecular Hbond substituents is 1. The van der Waals surface area contributed by atoms with Crippen molar-refractivity contribution >= 4 is 23.7 Å². The molecule has 41 heavy (non-hydrogen) atoms. The number of aromatic nitrogens is 2. The molecular weight excluding hydrogens is 532 g/mol. The molecular formula is C28H34N6O7. The Kier molecular flexibility index (Phi) is 11.0. The van der Waals surface area contributed by atoms with Gasteiger partial charge >= 0.3 is 5.97 Å². The molecule has 3 rings (SSSR count). The number of hydrogen-bond acceptors (Lipinski definition) is 8. The summed E-state index contributed by atoms with van der Waals surface area (Å²) in [7, 11) is 0. The quantitative estimate of drug-likeness (QED) is 0.125. The lowest BCUT2D eigenvalue weighted by molar-refractivity contribution is -0.145. The lowest BCUT2D eigenvalue weighted by Gasteiger charge is -2.26. The number of amides is 3. The molecule has 0 fully saturated rings. The molecule has 5 unspecified atom stereocenters. The lowest BCUT2D eigenvalue weighted by atomic mass is 10.0. The van der Waals surface area contributed by atoms with E-state index < -0.39 is 54.0 Å². The summed E-state index contributed by atoms with van der Waals surface area (Å²) in [4.78, 5) is 57.9. The van der Waals surface area contributed by atoms with E-state index >= 15 is 0 Å². The Morgan fingerprint density at radius 1 is 0.854 bits per heavy atom. The number of carbonyl (C=O) groups is 4. The van der Waals surface area contributed by atoms with Crippen LogP contribution in [0.1, 0.15) is 23.7 Å². The molecule has 0 aliphatic rings. The number of carboxylic acids is 1. The molecule has 0 spiro atoms. The van der Waals surface area contributed by atoms with Crippen LogP contribution in [0, 0.1) is 0 Å². The van der Waals surface area contributed by atoms with E-state index in [2.05, 4.69) is 25.9 Å². The van der Waals surface area contributed by atoms with E-state index in [1.54, 1.807) is 12.1 Å². The molecule has 0 bridgehead atoms. The number of hydrogen-bond donors (Lipinski definition) is 8. The van der Waals surface area contributed by atoms with Crippen molar-refractivity contribution in [1.29, 1.82) is 0 Å². The number of benzene rings is 2. The van der Waals surface area contributed by atoms with Crippen molar-refractivity contribution in [3.05, 3.63) is 83.9 Å². The number of carboxylic acid groups (broad SMARTS) is 1. The van der Waals surface area contributed by atoms with Gasteiger partial charge < -0.3 is 42.0 Å². The molecule has 218 valence electrons. The lowest BCUT2D eigenvalue weighted by Crippen LogP contribution is -2.59. The first kappa shape index (κ1) is 30.8. The number of nitrogens with zero attached hydrogens (tertiary/aromatic N) is 1. The zero-order chi connectivity index (χ0) is 29.9. The van der Waals surface area contributed by atoms with Crippen LogP contribution in [0.2, 0.25) is 0 Å². The van der Waals surface area contributed by atoms with Gasteiger partial charge in [-0.15, -0.1) is 0 Å². The Morgan fingerprint density at radius 3 is 2.02 bits per heavy atom. The summed E-state index contributed by atoms with van der Waals surface area (Å²) in [5, 5.41) is 36.3. The highest BCUT2D eigenvalue weighted by Gasteiger charge is 2.32. The average Bonchev–Trinajstić information content (AvgIpc) is 3.45. The van der Waals surface area contributed by atoms with E-state index in [0.717, 1.165) is 5.56 Å². The maximum Gasteiger partial charge on any atom is 0.328 e. The minimum atomic E-state index is -1.62. The number of aromatic amines is 1. The van der Waals surface area contributed by atoms with Crippen LogP contribution in [-0.2, 0) is 38.4 Å². The van der Waals surface area contributed by atoms with E-state index in [1.807, 2.05) is 30.3 Å². The molecule has 3 amide bonds. The van der Waals surface area contributed by atoms with Gasteiger partial charge in [0, 0.05) is 24.7 Å². The molecule has 13 heteroatoms. The SMILES string of the molecule is CC(O)C(NC(=O)C(Cc1cnc[nH]1)NC(=O)C(Cc1ccc(O)cc1)NC(=O)C(N)Cc1ccccc1)C(=O)O. The van der Waals surface area contributed by atoms with Crippen LogP contribution in [0.25, 0.3) is 0 Å². The second-order valence-corrected chi connectivity index (χ2v) is 9.64. The molecule has 3 aromatic rings. The molecule has 0 saturated heterocycles. The van der Waals surface area contributed by atoms with Crippen LogP contribution in [0.15, 0.2) is 67.1 Å². The first-order chi connectivity index (χ1) is 19.5. The van der Waals surface area contributed by atoms with Crippen molar-refractivity contribution < 1.29 is 34.5 Å². The van der Waals surface area contributed by atoms with Crippen LogP contribution >= 0.6 is 0 Å². The van der Waals surface area contributed by atoms with Gasteiger partial charge in [0.15, 0.2) is 6.04 Å². The van der Waals surface area contributed by atoms with E-state index in [9.17, 15) is 34.5 Å². The summed E-state index contributed by atoms with van der Waals surface area (Å²) < 4.78 is 0. The van der Waals surface area contributed by atoms with Gasteiger partial charge in [-0.25, -0.2) is 9.78 Å². The van der Waals surface area contributed by atoms with Crippen molar-refractivity contribution in [2.75, 3.05) is 0 Å². The number of imidazole rings is 1. The first-order valence-corrected chi connectivity index (χ1v) is 12.9. The highest BCUT2D eigenvalue weighted by atomic mass is 16.4. The van der Waals surface area contributed by atoms with Crippen molar-refractivity contribution in [3.8, 4) is 5.75 Å². The molecule has 2 aromatic carbocycles. The smallest absolute Gasteiger partial charge is 0.328 e. The van der Waals surface area contributed by atoms with Crippen LogP contribution in [0.3, 0.4) is 0 Å². The van der Waals surface area contributed by atoms with Crippen LogP contribution in [0.5, 0.6) is 5.75 Å². The minimum absolute atomic E-state index is 0.000266. The second kappa shape index (κ2) is 14.6. The number of aromatic hydroxyl groups is 1. The predicted molar refractivity (Wildman–Crippen MR) is 147 cm³/mol. The molecule has 5 atom stereocenters. The van der Waals surface area contributed by atoms with E-state index in [1.165, 1.54) is 31.6 Å². The summed E-state index contributed by atoms with van der Waals surface area (Å²) in [6, 6.07) is 10.1. The Balaban J connectivity index is 1.81. The minimum Gasteiger partial charge on any atom is -0.508 e. The fraction of sp³-hybridized carbons (Fsp3) is 0.321. The third-order valence-electron chi connectivity index (χ3n) is 6.30. The largest absolute Gasteiger partial charge is 0.508 e. The van der Waals surface area contributed by atoms with Gasteiger partial charge in [0.25, 0.3) is 0 Å². The van der Waals surface area contributed by atoms with E-state index in [0.29, 0.717) is 11.3 Å². The number of nitrogens with one attached hydrogen (secondary N) is 4. The first-order valence-electron chi connectivity index (χ1n) is 12.9. The van der Waals surface area contributed by atoms with Gasteiger partial charge in [-0.1, -0.05) is 42.5 Å². The van der Waals surface area contributed by atoms with Gasteiger partial charge in [-0.05, 0) is 36.6 Å². The number of aliphatic hydroxyl groups is 1. The van der Waals surface area contributed by atoms with Crippen LogP contribution in [0.4, 0.5) is 0 Å². The third kappa shape index (κ3) is 9.44. The topological polar surface area (TPSA) is 220 Å². The summed E-state index contributed by atoms with van der Waals surface area (Å²) in [6.07, 6.45) is 1.54. The summed E-state index contributed by atoms with van der Waals surface area (Å²) in [5.41, 5.74) is 8.04. The molecule has 0 aliphatic carbocycles.